The highest BCUT2D eigenvalue weighted by Gasteiger charge is 2.16. The molecule has 0 saturated carbocycles. The summed E-state index contributed by atoms with van der Waals surface area (Å²) < 4.78 is 5.72. The molecule has 0 aliphatic carbocycles. The van der Waals surface area contributed by atoms with E-state index in [9.17, 15) is 4.79 Å². The van der Waals surface area contributed by atoms with Crippen molar-refractivity contribution in [2.75, 3.05) is 6.61 Å². The van der Waals surface area contributed by atoms with E-state index in [1.54, 1.807) is 13.0 Å². The van der Waals surface area contributed by atoms with Crippen molar-refractivity contribution in [1.29, 1.82) is 0 Å². The summed E-state index contributed by atoms with van der Waals surface area (Å²) in [5.74, 6) is 0.748. The van der Waals surface area contributed by atoms with Crippen LogP contribution >= 0.6 is 11.6 Å². The summed E-state index contributed by atoms with van der Waals surface area (Å²) >= 11 is 5.61. The third-order valence-electron chi connectivity index (χ3n) is 2.88. The second-order valence-corrected chi connectivity index (χ2v) is 4.73. The number of hydrogen-bond acceptors (Lipinski definition) is 4. The predicted molar refractivity (Wildman–Crippen MR) is 86.2 cm³/mol. The van der Waals surface area contributed by atoms with Crippen LogP contribution in [0.25, 0.3) is 0 Å². The molecule has 0 amide bonds. The molecule has 0 aliphatic heterocycles. The number of halogens is 1. The van der Waals surface area contributed by atoms with Crippen LogP contribution < -0.4 is 4.74 Å². The Morgan fingerprint density at radius 3 is 2.45 bits per heavy atom. The third kappa shape index (κ3) is 4.33. The Balaban J connectivity index is 2.23. The SMILES string of the molecule is CCO/N=C(\C(=O)Cl)c1ccccc1COc1ccccc1. The van der Waals surface area contributed by atoms with Gasteiger partial charge in [-0.1, -0.05) is 47.6 Å². The van der Waals surface area contributed by atoms with Crippen LogP contribution in [0, 0.1) is 0 Å². The summed E-state index contributed by atoms with van der Waals surface area (Å²) in [5, 5.41) is 3.14. The molecule has 22 heavy (non-hydrogen) atoms. The first-order valence-corrected chi connectivity index (χ1v) is 7.26. The van der Waals surface area contributed by atoms with Gasteiger partial charge in [0, 0.05) is 5.56 Å². The van der Waals surface area contributed by atoms with Gasteiger partial charge in [0.05, 0.1) is 0 Å². The van der Waals surface area contributed by atoms with Gasteiger partial charge in [0.2, 0.25) is 0 Å². The van der Waals surface area contributed by atoms with Crippen molar-refractivity contribution in [1.82, 2.24) is 0 Å². The predicted octanol–water partition coefficient (Wildman–Crippen LogP) is 3.77. The zero-order valence-corrected chi connectivity index (χ0v) is 12.9. The number of oxime groups is 1. The molecular weight excluding hydrogens is 302 g/mol. The highest BCUT2D eigenvalue weighted by Crippen LogP contribution is 2.16. The fourth-order valence-electron chi connectivity index (χ4n) is 1.88. The normalized spacial score (nSPS) is 11.1. The van der Waals surface area contributed by atoms with Crippen LogP contribution in [-0.2, 0) is 16.2 Å². The van der Waals surface area contributed by atoms with Crippen LogP contribution in [0.5, 0.6) is 5.75 Å². The van der Waals surface area contributed by atoms with Crippen molar-refractivity contribution in [3.63, 3.8) is 0 Å². The molecule has 2 aromatic rings. The molecule has 0 radical (unpaired) electrons. The van der Waals surface area contributed by atoms with Gasteiger partial charge in [0.1, 0.15) is 19.0 Å². The van der Waals surface area contributed by atoms with E-state index in [2.05, 4.69) is 5.16 Å². The lowest BCUT2D eigenvalue weighted by molar-refractivity contribution is -0.106. The summed E-state index contributed by atoms with van der Waals surface area (Å²) in [5.41, 5.74) is 1.49. The van der Waals surface area contributed by atoms with E-state index < -0.39 is 5.24 Å². The smallest absolute Gasteiger partial charge is 0.274 e. The van der Waals surface area contributed by atoms with Crippen molar-refractivity contribution in [2.24, 2.45) is 5.16 Å². The number of rotatable bonds is 7. The molecule has 5 heteroatoms. The molecule has 114 valence electrons. The molecule has 0 fully saturated rings. The topological polar surface area (TPSA) is 47.9 Å². The Labute approximate surface area is 134 Å². The van der Waals surface area contributed by atoms with Gasteiger partial charge in [0.15, 0.2) is 5.71 Å². The van der Waals surface area contributed by atoms with Gasteiger partial charge in [-0.25, -0.2) is 0 Å². The first kappa shape index (κ1) is 16.0. The molecule has 2 rings (SSSR count). The fourth-order valence-corrected chi connectivity index (χ4v) is 2.01. The largest absolute Gasteiger partial charge is 0.489 e. The second-order valence-electron chi connectivity index (χ2n) is 4.39. The van der Waals surface area contributed by atoms with E-state index in [1.165, 1.54) is 0 Å². The molecule has 0 heterocycles. The van der Waals surface area contributed by atoms with Crippen molar-refractivity contribution in [3.05, 3.63) is 65.7 Å². The van der Waals surface area contributed by atoms with Crippen molar-refractivity contribution in [3.8, 4) is 5.75 Å². The number of ether oxygens (including phenoxy) is 1. The van der Waals surface area contributed by atoms with E-state index in [0.717, 1.165) is 11.3 Å². The lowest BCUT2D eigenvalue weighted by Gasteiger charge is -2.11. The van der Waals surface area contributed by atoms with Crippen molar-refractivity contribution in [2.45, 2.75) is 13.5 Å². The van der Waals surface area contributed by atoms with E-state index >= 15 is 0 Å². The molecule has 0 aliphatic rings. The summed E-state index contributed by atoms with van der Waals surface area (Å²) in [6.07, 6.45) is 0. The van der Waals surface area contributed by atoms with Crippen LogP contribution in [0.2, 0.25) is 0 Å². The molecule has 0 bridgehead atoms. The van der Waals surface area contributed by atoms with Crippen LogP contribution in [-0.4, -0.2) is 17.6 Å². The Hall–Kier alpha value is -2.33. The second kappa shape index (κ2) is 8.20. The van der Waals surface area contributed by atoms with Gasteiger partial charge >= 0.3 is 0 Å². The van der Waals surface area contributed by atoms with Crippen LogP contribution in [0.1, 0.15) is 18.1 Å². The summed E-state index contributed by atoms with van der Waals surface area (Å²) in [6, 6.07) is 16.7. The Kier molecular flexibility index (Phi) is 5.98. The number of benzene rings is 2. The van der Waals surface area contributed by atoms with Crippen molar-refractivity contribution < 1.29 is 14.4 Å². The molecule has 4 nitrogen and oxygen atoms in total. The number of hydrogen-bond donors (Lipinski definition) is 0. The lowest BCUT2D eigenvalue weighted by Crippen LogP contribution is -2.14. The highest BCUT2D eigenvalue weighted by atomic mass is 35.5. The first-order chi connectivity index (χ1) is 10.7. The molecule has 0 N–H and O–H groups in total. The van der Waals surface area contributed by atoms with Gasteiger partial charge in [-0.2, -0.15) is 0 Å². The number of carbonyl (C=O) groups is 1. The van der Waals surface area contributed by atoms with E-state index in [-0.39, 0.29) is 5.71 Å². The van der Waals surface area contributed by atoms with E-state index in [1.807, 2.05) is 48.5 Å². The fraction of sp³-hybridized carbons (Fsp3) is 0.176. The maximum absolute atomic E-state index is 11.6. The van der Waals surface area contributed by atoms with Crippen LogP contribution in [0.3, 0.4) is 0 Å². The lowest BCUT2D eigenvalue weighted by atomic mass is 10.0. The summed E-state index contributed by atoms with van der Waals surface area (Å²) in [6.45, 7) is 2.44. The maximum Gasteiger partial charge on any atom is 0.274 e. The average molecular weight is 318 g/mol. The highest BCUT2D eigenvalue weighted by molar-refractivity contribution is 6.84. The Morgan fingerprint density at radius 1 is 1.09 bits per heavy atom. The molecular formula is C17H16ClNO3. The zero-order chi connectivity index (χ0) is 15.8. The van der Waals surface area contributed by atoms with Crippen molar-refractivity contribution >= 4 is 22.6 Å². The van der Waals surface area contributed by atoms with Gasteiger partial charge in [-0.05, 0) is 36.2 Å². The summed E-state index contributed by atoms with van der Waals surface area (Å²) in [7, 11) is 0. The quantitative estimate of drug-likeness (QED) is 0.443. The molecule has 0 saturated heterocycles. The Morgan fingerprint density at radius 2 is 1.77 bits per heavy atom. The summed E-state index contributed by atoms with van der Waals surface area (Å²) in [4.78, 5) is 16.6. The van der Waals surface area contributed by atoms with Gasteiger partial charge < -0.3 is 9.57 Å². The number of carbonyl (C=O) groups excluding carboxylic acids is 1. The maximum atomic E-state index is 11.6. The molecule has 0 unspecified atom stereocenters. The minimum Gasteiger partial charge on any atom is -0.489 e. The average Bonchev–Trinajstić information content (AvgIpc) is 2.55. The van der Waals surface area contributed by atoms with Gasteiger partial charge in [-0.3, -0.25) is 4.79 Å². The number of nitrogens with zero attached hydrogens (tertiary/aromatic N) is 1. The van der Waals surface area contributed by atoms with Crippen LogP contribution in [0.15, 0.2) is 59.8 Å². The molecule has 0 atom stereocenters. The van der Waals surface area contributed by atoms with E-state index in [4.69, 9.17) is 21.2 Å². The third-order valence-corrected chi connectivity index (χ3v) is 3.06. The molecule has 2 aromatic carbocycles. The van der Waals surface area contributed by atoms with E-state index in [0.29, 0.717) is 18.8 Å². The monoisotopic (exact) mass is 317 g/mol. The van der Waals surface area contributed by atoms with Gasteiger partial charge in [0.25, 0.3) is 5.24 Å². The molecule has 0 aromatic heterocycles. The first-order valence-electron chi connectivity index (χ1n) is 6.88. The minimum atomic E-state index is -0.666. The van der Waals surface area contributed by atoms with Crippen LogP contribution in [0.4, 0.5) is 0 Å². The Bertz CT molecular complexity index is 656. The minimum absolute atomic E-state index is 0.0794. The standard InChI is InChI=1S/C17H16ClNO3/c1-2-22-19-16(17(18)20)15-11-7-6-8-13(15)12-21-14-9-4-3-5-10-14/h3-11H,2,12H2,1H3/b19-16-. The number of para-hydroxylation sites is 1. The molecule has 0 spiro atoms. The van der Waals surface area contributed by atoms with Gasteiger partial charge in [-0.15, -0.1) is 0 Å². The zero-order valence-electron chi connectivity index (χ0n) is 12.2.